The van der Waals surface area contributed by atoms with E-state index in [1.54, 1.807) is 0 Å². The summed E-state index contributed by atoms with van der Waals surface area (Å²) in [7, 11) is 3.94. The van der Waals surface area contributed by atoms with Gasteiger partial charge in [-0.15, -0.1) is 0 Å². The second-order valence-corrected chi connectivity index (χ2v) is 7.91. The molecular weight excluding hydrogens is 382 g/mol. The number of rotatable bonds is 5. The van der Waals surface area contributed by atoms with E-state index in [9.17, 15) is 9.59 Å². The molecule has 2 aliphatic rings. The summed E-state index contributed by atoms with van der Waals surface area (Å²) in [4.78, 5) is 29.2. The molecule has 1 saturated heterocycles. The van der Waals surface area contributed by atoms with Crippen molar-refractivity contribution in [1.82, 2.24) is 10.2 Å². The number of piperidine rings is 1. The molecule has 0 saturated carbocycles. The Bertz CT molecular complexity index is 919. The maximum absolute atomic E-state index is 12.8. The lowest BCUT2D eigenvalue weighted by Gasteiger charge is -2.31. The Balaban J connectivity index is 1.26. The van der Waals surface area contributed by atoms with Crippen LogP contribution in [0.15, 0.2) is 42.5 Å². The van der Waals surface area contributed by atoms with E-state index >= 15 is 0 Å². The zero-order valence-electron chi connectivity index (χ0n) is 17.4. The molecule has 0 atom stereocenters. The number of carbonyl (C=O) groups is 2. The Hall–Kier alpha value is -3.22. The van der Waals surface area contributed by atoms with Gasteiger partial charge in [0.25, 0.3) is 5.91 Å². The van der Waals surface area contributed by atoms with Gasteiger partial charge in [-0.25, -0.2) is 0 Å². The SMILES string of the molecule is CN(C)c1ccc(C(=O)N2CCC(C(=O)NCc3ccc4c(c3)OCO4)CC2)cc1. The summed E-state index contributed by atoms with van der Waals surface area (Å²) in [5.41, 5.74) is 2.72. The van der Waals surface area contributed by atoms with Gasteiger partial charge in [0, 0.05) is 50.9 Å². The number of likely N-dealkylation sites (tertiary alicyclic amines) is 1. The molecule has 30 heavy (non-hydrogen) atoms. The summed E-state index contributed by atoms with van der Waals surface area (Å²) >= 11 is 0. The van der Waals surface area contributed by atoms with Gasteiger partial charge < -0.3 is 24.6 Å². The van der Waals surface area contributed by atoms with E-state index in [1.807, 2.05) is 66.4 Å². The van der Waals surface area contributed by atoms with Crippen LogP contribution in [-0.4, -0.2) is 50.7 Å². The Kier molecular flexibility index (Phi) is 5.79. The molecule has 0 radical (unpaired) electrons. The molecule has 0 bridgehead atoms. The minimum atomic E-state index is -0.0702. The lowest BCUT2D eigenvalue weighted by atomic mass is 9.95. The molecule has 7 nitrogen and oxygen atoms in total. The highest BCUT2D eigenvalue weighted by Crippen LogP contribution is 2.32. The molecule has 0 aromatic heterocycles. The molecule has 4 rings (SSSR count). The molecule has 0 spiro atoms. The topological polar surface area (TPSA) is 71.1 Å². The highest BCUT2D eigenvalue weighted by atomic mass is 16.7. The van der Waals surface area contributed by atoms with Crippen LogP contribution < -0.4 is 19.7 Å². The minimum Gasteiger partial charge on any atom is -0.454 e. The Morgan fingerprint density at radius 3 is 2.43 bits per heavy atom. The number of carbonyl (C=O) groups excluding carboxylic acids is 2. The van der Waals surface area contributed by atoms with Gasteiger partial charge in [-0.1, -0.05) is 6.07 Å². The summed E-state index contributed by atoms with van der Waals surface area (Å²) in [5, 5.41) is 3.01. The summed E-state index contributed by atoms with van der Waals surface area (Å²) in [6.07, 6.45) is 1.35. The van der Waals surface area contributed by atoms with E-state index in [0.29, 0.717) is 43.8 Å². The molecule has 1 fully saturated rings. The lowest BCUT2D eigenvalue weighted by molar-refractivity contribution is -0.126. The number of fused-ring (bicyclic) bond motifs is 1. The van der Waals surface area contributed by atoms with Crippen LogP contribution in [0.1, 0.15) is 28.8 Å². The maximum atomic E-state index is 12.8. The lowest BCUT2D eigenvalue weighted by Crippen LogP contribution is -2.42. The van der Waals surface area contributed by atoms with Crippen LogP contribution in [0.4, 0.5) is 5.69 Å². The van der Waals surface area contributed by atoms with Gasteiger partial charge in [0.15, 0.2) is 11.5 Å². The first kappa shape index (κ1) is 20.1. The quantitative estimate of drug-likeness (QED) is 0.822. The second kappa shape index (κ2) is 8.65. The number of ether oxygens (including phenoxy) is 2. The maximum Gasteiger partial charge on any atom is 0.253 e. The van der Waals surface area contributed by atoms with Crippen LogP contribution in [0, 0.1) is 5.92 Å². The number of benzene rings is 2. The highest BCUT2D eigenvalue weighted by Gasteiger charge is 2.27. The average molecular weight is 409 g/mol. The molecule has 2 heterocycles. The third-order valence-electron chi connectivity index (χ3n) is 5.69. The normalized spacial score (nSPS) is 15.7. The molecular formula is C23H27N3O4. The van der Waals surface area contributed by atoms with Crippen molar-refractivity contribution in [2.45, 2.75) is 19.4 Å². The second-order valence-electron chi connectivity index (χ2n) is 7.91. The van der Waals surface area contributed by atoms with Crippen molar-refractivity contribution in [3.8, 4) is 11.5 Å². The van der Waals surface area contributed by atoms with Crippen molar-refractivity contribution >= 4 is 17.5 Å². The monoisotopic (exact) mass is 409 g/mol. The van der Waals surface area contributed by atoms with Crippen LogP contribution >= 0.6 is 0 Å². The van der Waals surface area contributed by atoms with Crippen molar-refractivity contribution in [3.05, 3.63) is 53.6 Å². The third kappa shape index (κ3) is 4.35. The molecule has 0 aliphatic carbocycles. The fourth-order valence-electron chi connectivity index (χ4n) is 3.81. The zero-order valence-corrected chi connectivity index (χ0v) is 17.4. The Morgan fingerprint density at radius 2 is 1.73 bits per heavy atom. The van der Waals surface area contributed by atoms with E-state index < -0.39 is 0 Å². The summed E-state index contributed by atoms with van der Waals surface area (Å²) < 4.78 is 10.7. The standard InChI is InChI=1S/C23H27N3O4/c1-25(2)19-6-4-18(5-7-19)23(28)26-11-9-17(10-12-26)22(27)24-14-16-3-8-20-21(13-16)30-15-29-20/h3-8,13,17H,9-12,14-15H2,1-2H3,(H,24,27). The molecule has 158 valence electrons. The molecule has 2 aliphatic heterocycles. The first-order chi connectivity index (χ1) is 14.5. The van der Waals surface area contributed by atoms with Gasteiger partial charge in [0.05, 0.1) is 0 Å². The van der Waals surface area contributed by atoms with Crippen LogP contribution in [-0.2, 0) is 11.3 Å². The van der Waals surface area contributed by atoms with Gasteiger partial charge in [-0.2, -0.15) is 0 Å². The number of amides is 2. The highest BCUT2D eigenvalue weighted by molar-refractivity contribution is 5.94. The predicted octanol–water partition coefficient (Wildman–Crippen LogP) is 2.65. The first-order valence-electron chi connectivity index (χ1n) is 10.2. The van der Waals surface area contributed by atoms with E-state index in [1.165, 1.54) is 0 Å². The van der Waals surface area contributed by atoms with Crippen LogP contribution in [0.3, 0.4) is 0 Å². The van der Waals surface area contributed by atoms with Crippen LogP contribution in [0.5, 0.6) is 11.5 Å². The van der Waals surface area contributed by atoms with Crippen molar-refractivity contribution in [1.29, 1.82) is 0 Å². The van der Waals surface area contributed by atoms with Gasteiger partial charge in [-0.3, -0.25) is 9.59 Å². The molecule has 2 aromatic carbocycles. The number of nitrogens with zero attached hydrogens (tertiary/aromatic N) is 2. The third-order valence-corrected chi connectivity index (χ3v) is 5.69. The minimum absolute atomic E-state index is 0.0273. The summed E-state index contributed by atoms with van der Waals surface area (Å²) in [5.74, 6) is 1.44. The summed E-state index contributed by atoms with van der Waals surface area (Å²) in [6.45, 7) is 1.88. The molecule has 2 aromatic rings. The first-order valence-corrected chi connectivity index (χ1v) is 10.2. The van der Waals surface area contributed by atoms with Crippen LogP contribution in [0.25, 0.3) is 0 Å². The number of anilines is 1. The van der Waals surface area contributed by atoms with Gasteiger partial charge >= 0.3 is 0 Å². The van der Waals surface area contributed by atoms with E-state index in [-0.39, 0.29) is 24.5 Å². The molecule has 7 heteroatoms. The summed E-state index contributed by atoms with van der Waals surface area (Å²) in [6, 6.07) is 13.3. The number of nitrogens with one attached hydrogen (secondary N) is 1. The molecule has 2 amide bonds. The van der Waals surface area contributed by atoms with Crippen LogP contribution in [0.2, 0.25) is 0 Å². The number of hydrogen-bond donors (Lipinski definition) is 1. The van der Waals surface area contributed by atoms with Crippen molar-refractivity contribution in [3.63, 3.8) is 0 Å². The van der Waals surface area contributed by atoms with E-state index in [2.05, 4.69) is 5.32 Å². The predicted molar refractivity (Wildman–Crippen MR) is 114 cm³/mol. The van der Waals surface area contributed by atoms with Crippen molar-refractivity contribution < 1.29 is 19.1 Å². The van der Waals surface area contributed by atoms with Crippen molar-refractivity contribution in [2.24, 2.45) is 5.92 Å². The zero-order chi connectivity index (χ0) is 21.1. The Morgan fingerprint density at radius 1 is 1.03 bits per heavy atom. The van der Waals surface area contributed by atoms with Crippen molar-refractivity contribution in [2.75, 3.05) is 38.9 Å². The Labute approximate surface area is 176 Å². The van der Waals surface area contributed by atoms with Gasteiger partial charge in [0.1, 0.15) is 0 Å². The van der Waals surface area contributed by atoms with Gasteiger partial charge in [-0.05, 0) is 54.8 Å². The van der Waals surface area contributed by atoms with E-state index in [4.69, 9.17) is 9.47 Å². The van der Waals surface area contributed by atoms with E-state index in [0.717, 1.165) is 17.0 Å². The average Bonchev–Trinajstić information content (AvgIpc) is 3.25. The fraction of sp³-hybridized carbons (Fsp3) is 0.391. The van der Waals surface area contributed by atoms with Gasteiger partial charge in [0.2, 0.25) is 12.7 Å². The smallest absolute Gasteiger partial charge is 0.253 e. The fourth-order valence-corrected chi connectivity index (χ4v) is 3.81. The largest absolute Gasteiger partial charge is 0.454 e. The molecule has 0 unspecified atom stereocenters. The molecule has 1 N–H and O–H groups in total. The number of hydrogen-bond acceptors (Lipinski definition) is 5.